The standard InChI is InChI=1S/C9H18NO2/c1-3-4-5-6-12-8(2)9(10)7-11/h8-9H,3-6,10H2,1-2H3/t8?,9-/m0/s1. The van der Waals surface area contributed by atoms with E-state index in [1.165, 1.54) is 6.42 Å². The summed E-state index contributed by atoms with van der Waals surface area (Å²) >= 11 is 0. The van der Waals surface area contributed by atoms with Crippen molar-refractivity contribution in [2.45, 2.75) is 45.3 Å². The van der Waals surface area contributed by atoms with E-state index < -0.39 is 6.04 Å². The molecule has 0 aromatic rings. The maximum atomic E-state index is 10.1. The van der Waals surface area contributed by atoms with Crippen LogP contribution in [0.15, 0.2) is 0 Å². The van der Waals surface area contributed by atoms with Gasteiger partial charge < -0.3 is 10.5 Å². The fourth-order valence-corrected chi connectivity index (χ4v) is 0.821. The van der Waals surface area contributed by atoms with Gasteiger partial charge in [-0.1, -0.05) is 19.8 Å². The predicted octanol–water partition coefficient (Wildman–Crippen LogP) is 1.02. The van der Waals surface area contributed by atoms with Crippen molar-refractivity contribution < 1.29 is 9.53 Å². The van der Waals surface area contributed by atoms with E-state index in [2.05, 4.69) is 6.92 Å². The van der Waals surface area contributed by atoms with Crippen molar-refractivity contribution in [1.82, 2.24) is 0 Å². The molecular weight excluding hydrogens is 154 g/mol. The van der Waals surface area contributed by atoms with E-state index in [9.17, 15) is 4.79 Å². The van der Waals surface area contributed by atoms with E-state index in [-0.39, 0.29) is 6.10 Å². The Labute approximate surface area is 74.3 Å². The molecule has 0 fully saturated rings. The van der Waals surface area contributed by atoms with Crippen molar-refractivity contribution in [2.24, 2.45) is 5.73 Å². The van der Waals surface area contributed by atoms with Crippen LogP contribution >= 0.6 is 0 Å². The number of unbranched alkanes of at least 4 members (excludes halogenated alkanes) is 2. The molecular formula is C9H18NO2. The molecule has 71 valence electrons. The molecule has 1 radical (unpaired) electrons. The molecule has 0 bridgehead atoms. The second-order valence-electron chi connectivity index (χ2n) is 2.93. The zero-order valence-corrected chi connectivity index (χ0v) is 7.88. The van der Waals surface area contributed by atoms with Crippen molar-refractivity contribution in [1.29, 1.82) is 0 Å². The van der Waals surface area contributed by atoms with E-state index in [4.69, 9.17) is 10.5 Å². The Morgan fingerprint density at radius 2 is 2.17 bits per heavy atom. The van der Waals surface area contributed by atoms with Gasteiger partial charge >= 0.3 is 0 Å². The molecule has 0 amide bonds. The molecule has 1 unspecified atom stereocenters. The van der Waals surface area contributed by atoms with Crippen molar-refractivity contribution in [3.05, 3.63) is 0 Å². The van der Waals surface area contributed by atoms with Crippen molar-refractivity contribution in [3.8, 4) is 0 Å². The highest BCUT2D eigenvalue weighted by atomic mass is 16.5. The quantitative estimate of drug-likeness (QED) is 0.583. The predicted molar refractivity (Wildman–Crippen MR) is 48.6 cm³/mol. The van der Waals surface area contributed by atoms with Gasteiger partial charge in [0.2, 0.25) is 6.29 Å². The number of carbonyl (C=O) groups excluding carboxylic acids is 1. The van der Waals surface area contributed by atoms with Crippen LogP contribution in [0.3, 0.4) is 0 Å². The fraction of sp³-hybridized carbons (Fsp3) is 0.889. The maximum Gasteiger partial charge on any atom is 0.219 e. The minimum Gasteiger partial charge on any atom is -0.376 e. The summed E-state index contributed by atoms with van der Waals surface area (Å²) in [4.78, 5) is 10.1. The smallest absolute Gasteiger partial charge is 0.219 e. The lowest BCUT2D eigenvalue weighted by Crippen LogP contribution is -2.36. The Kier molecular flexibility index (Phi) is 7.00. The highest BCUT2D eigenvalue weighted by molar-refractivity contribution is 5.58. The van der Waals surface area contributed by atoms with Crippen LogP contribution < -0.4 is 5.73 Å². The minimum absolute atomic E-state index is 0.209. The summed E-state index contributed by atoms with van der Waals surface area (Å²) in [5, 5.41) is 0. The van der Waals surface area contributed by atoms with Crippen LogP contribution in [0.5, 0.6) is 0 Å². The van der Waals surface area contributed by atoms with E-state index >= 15 is 0 Å². The Balaban J connectivity index is 3.30. The van der Waals surface area contributed by atoms with Gasteiger partial charge in [0, 0.05) is 6.61 Å². The topological polar surface area (TPSA) is 52.3 Å². The van der Waals surface area contributed by atoms with Gasteiger partial charge in [0.05, 0.1) is 12.1 Å². The lowest BCUT2D eigenvalue weighted by molar-refractivity contribution is 0.0584. The van der Waals surface area contributed by atoms with Crippen molar-refractivity contribution >= 4 is 6.29 Å². The highest BCUT2D eigenvalue weighted by Crippen LogP contribution is 1.99. The molecule has 0 aliphatic heterocycles. The average molecular weight is 172 g/mol. The third kappa shape index (κ3) is 5.27. The van der Waals surface area contributed by atoms with Gasteiger partial charge in [-0.15, -0.1) is 0 Å². The summed E-state index contributed by atoms with van der Waals surface area (Å²) < 4.78 is 5.31. The lowest BCUT2D eigenvalue weighted by atomic mass is 10.2. The summed E-state index contributed by atoms with van der Waals surface area (Å²) in [5.74, 6) is 0. The molecule has 0 rings (SSSR count). The van der Waals surface area contributed by atoms with E-state index in [0.29, 0.717) is 6.61 Å². The zero-order valence-electron chi connectivity index (χ0n) is 7.88. The van der Waals surface area contributed by atoms with Crippen LogP contribution in [-0.4, -0.2) is 25.0 Å². The normalized spacial score (nSPS) is 15.6. The molecule has 3 heteroatoms. The van der Waals surface area contributed by atoms with Crippen molar-refractivity contribution in [2.75, 3.05) is 6.61 Å². The van der Waals surface area contributed by atoms with Crippen LogP contribution in [-0.2, 0) is 9.53 Å². The van der Waals surface area contributed by atoms with Gasteiger partial charge in [-0.25, -0.2) is 0 Å². The zero-order chi connectivity index (χ0) is 9.40. The molecule has 2 N–H and O–H groups in total. The van der Waals surface area contributed by atoms with Gasteiger partial charge in [-0.3, -0.25) is 4.79 Å². The fourth-order valence-electron chi connectivity index (χ4n) is 0.821. The summed E-state index contributed by atoms with van der Waals surface area (Å²) in [6, 6.07) is -0.605. The Morgan fingerprint density at radius 3 is 2.67 bits per heavy atom. The summed E-state index contributed by atoms with van der Waals surface area (Å²) in [6.07, 6.45) is 4.86. The summed E-state index contributed by atoms with van der Waals surface area (Å²) in [5.41, 5.74) is 5.38. The summed E-state index contributed by atoms with van der Waals surface area (Å²) in [6.45, 7) is 4.61. The monoisotopic (exact) mass is 172 g/mol. The molecule has 0 aromatic heterocycles. The molecule has 0 aliphatic carbocycles. The minimum atomic E-state index is -0.605. The second kappa shape index (κ2) is 7.25. The number of hydrogen-bond donors (Lipinski definition) is 1. The third-order valence-electron chi connectivity index (χ3n) is 1.77. The first kappa shape index (κ1) is 11.6. The van der Waals surface area contributed by atoms with Crippen LogP contribution in [0.2, 0.25) is 0 Å². The molecule has 2 atom stereocenters. The number of rotatable bonds is 7. The van der Waals surface area contributed by atoms with Gasteiger partial charge in [-0.2, -0.15) is 0 Å². The molecule has 3 nitrogen and oxygen atoms in total. The maximum absolute atomic E-state index is 10.1. The highest BCUT2D eigenvalue weighted by Gasteiger charge is 2.11. The molecule has 0 aromatic carbocycles. The summed E-state index contributed by atoms with van der Waals surface area (Å²) in [7, 11) is 0. The molecule has 0 saturated heterocycles. The first-order chi connectivity index (χ1) is 5.72. The Morgan fingerprint density at radius 1 is 1.50 bits per heavy atom. The second-order valence-corrected chi connectivity index (χ2v) is 2.93. The van der Waals surface area contributed by atoms with Gasteiger partial charge in [0.15, 0.2) is 0 Å². The van der Waals surface area contributed by atoms with Gasteiger partial charge in [-0.05, 0) is 13.3 Å². The largest absolute Gasteiger partial charge is 0.376 e. The van der Waals surface area contributed by atoms with Gasteiger partial charge in [0.1, 0.15) is 0 Å². The average Bonchev–Trinajstić information content (AvgIpc) is 2.10. The van der Waals surface area contributed by atoms with E-state index in [1.807, 2.05) is 0 Å². The molecule has 0 saturated carbocycles. The lowest BCUT2D eigenvalue weighted by Gasteiger charge is -2.14. The first-order valence-electron chi connectivity index (χ1n) is 4.47. The third-order valence-corrected chi connectivity index (χ3v) is 1.77. The van der Waals surface area contributed by atoms with Crippen LogP contribution in [0.25, 0.3) is 0 Å². The van der Waals surface area contributed by atoms with Crippen LogP contribution in [0.4, 0.5) is 0 Å². The Bertz CT molecular complexity index is 117. The number of ether oxygens (including phenoxy) is 1. The Hall–Kier alpha value is -0.410. The SMILES string of the molecule is CCCCCOC(C)[C@@H](N)[C]=O. The molecule has 0 heterocycles. The van der Waals surface area contributed by atoms with Crippen molar-refractivity contribution in [3.63, 3.8) is 0 Å². The van der Waals surface area contributed by atoms with Crippen LogP contribution in [0.1, 0.15) is 33.1 Å². The van der Waals surface area contributed by atoms with E-state index in [1.54, 1.807) is 13.2 Å². The van der Waals surface area contributed by atoms with Gasteiger partial charge in [0.25, 0.3) is 0 Å². The molecule has 12 heavy (non-hydrogen) atoms. The number of nitrogens with two attached hydrogens (primary N) is 1. The number of hydrogen-bond acceptors (Lipinski definition) is 3. The molecule has 0 aliphatic rings. The van der Waals surface area contributed by atoms with Crippen LogP contribution in [0, 0.1) is 0 Å². The first-order valence-corrected chi connectivity index (χ1v) is 4.47. The molecule has 0 spiro atoms. The van der Waals surface area contributed by atoms with E-state index in [0.717, 1.165) is 12.8 Å².